The summed E-state index contributed by atoms with van der Waals surface area (Å²) in [4.78, 5) is 27.3. The zero-order chi connectivity index (χ0) is 20.6. The first-order chi connectivity index (χ1) is 13.2. The number of halogens is 4. The first-order valence-corrected chi connectivity index (χ1v) is 8.44. The fourth-order valence-electron chi connectivity index (χ4n) is 2.41. The number of benzene rings is 2. The fraction of sp³-hybridized carbons (Fsp3) is 0.118. The SMILES string of the molecule is COc1c(F)c(F)c(C(=O)Nc2nc3ccc(NC(C)=O)cc3s2)c(F)c1F. The van der Waals surface area contributed by atoms with Crippen LogP contribution in [0.3, 0.4) is 0 Å². The smallest absolute Gasteiger partial charge is 0.263 e. The van der Waals surface area contributed by atoms with E-state index in [-0.39, 0.29) is 11.0 Å². The summed E-state index contributed by atoms with van der Waals surface area (Å²) < 4.78 is 60.5. The zero-order valence-electron chi connectivity index (χ0n) is 14.3. The molecule has 0 saturated heterocycles. The average molecular weight is 413 g/mol. The van der Waals surface area contributed by atoms with E-state index in [1.54, 1.807) is 18.2 Å². The van der Waals surface area contributed by atoms with Crippen molar-refractivity contribution in [2.45, 2.75) is 6.92 Å². The number of aromatic nitrogens is 1. The Bertz CT molecular complexity index is 1090. The fourth-order valence-corrected chi connectivity index (χ4v) is 3.31. The third kappa shape index (κ3) is 3.48. The number of thiazole rings is 1. The number of hydrogen-bond donors (Lipinski definition) is 2. The van der Waals surface area contributed by atoms with E-state index in [1.165, 1.54) is 6.92 Å². The summed E-state index contributed by atoms with van der Waals surface area (Å²) in [5.41, 5.74) is -0.519. The van der Waals surface area contributed by atoms with E-state index in [1.807, 2.05) is 0 Å². The van der Waals surface area contributed by atoms with Gasteiger partial charge >= 0.3 is 0 Å². The Kier molecular flexibility index (Phi) is 5.18. The molecule has 1 heterocycles. The standard InChI is InChI=1S/C17H11F4N3O3S/c1-6(25)22-7-3-4-8-9(5-7)28-17(23-8)24-16(26)10-11(18)13(20)15(27-2)14(21)12(10)19/h3-5H,1-2H3,(H,22,25)(H,23,24,26). The van der Waals surface area contributed by atoms with E-state index < -0.39 is 40.5 Å². The van der Waals surface area contributed by atoms with E-state index in [0.29, 0.717) is 15.9 Å². The lowest BCUT2D eigenvalue weighted by Crippen LogP contribution is -2.18. The van der Waals surface area contributed by atoms with Crippen molar-refractivity contribution < 1.29 is 31.9 Å². The lowest BCUT2D eigenvalue weighted by molar-refractivity contribution is -0.114. The van der Waals surface area contributed by atoms with Crippen LogP contribution in [0.1, 0.15) is 17.3 Å². The molecule has 11 heteroatoms. The third-order valence-corrected chi connectivity index (χ3v) is 4.52. The maximum absolute atomic E-state index is 14.0. The summed E-state index contributed by atoms with van der Waals surface area (Å²) in [5, 5.41) is 4.62. The monoisotopic (exact) mass is 413 g/mol. The van der Waals surface area contributed by atoms with Gasteiger partial charge in [-0.1, -0.05) is 11.3 Å². The number of methoxy groups -OCH3 is 1. The molecule has 0 saturated carbocycles. The Hall–Kier alpha value is -3.21. The predicted octanol–water partition coefficient (Wildman–Crippen LogP) is 4.07. The van der Waals surface area contributed by atoms with Crippen molar-refractivity contribution in [2.75, 3.05) is 17.7 Å². The number of ether oxygens (including phenoxy) is 1. The van der Waals surface area contributed by atoms with Gasteiger partial charge in [0, 0.05) is 12.6 Å². The van der Waals surface area contributed by atoms with E-state index in [2.05, 4.69) is 20.4 Å². The van der Waals surface area contributed by atoms with Crippen LogP contribution >= 0.6 is 11.3 Å². The highest BCUT2D eigenvalue weighted by Crippen LogP contribution is 2.32. The molecule has 0 spiro atoms. The van der Waals surface area contributed by atoms with Gasteiger partial charge in [-0.15, -0.1) is 0 Å². The normalized spacial score (nSPS) is 10.8. The van der Waals surface area contributed by atoms with Crippen LogP contribution < -0.4 is 15.4 Å². The molecule has 2 amide bonds. The highest BCUT2D eigenvalue weighted by Gasteiger charge is 2.30. The Labute approximate surface area is 159 Å². The maximum Gasteiger partial charge on any atom is 0.263 e. The van der Waals surface area contributed by atoms with Crippen molar-refractivity contribution in [3.8, 4) is 5.75 Å². The van der Waals surface area contributed by atoms with Gasteiger partial charge in [0.2, 0.25) is 17.5 Å². The van der Waals surface area contributed by atoms with Crippen molar-refractivity contribution in [1.82, 2.24) is 4.98 Å². The van der Waals surface area contributed by atoms with Crippen LogP contribution in [-0.4, -0.2) is 23.9 Å². The summed E-state index contributed by atoms with van der Waals surface area (Å²) >= 11 is 0.938. The minimum Gasteiger partial charge on any atom is -0.491 e. The Balaban J connectivity index is 1.94. The van der Waals surface area contributed by atoms with Gasteiger partial charge in [0.1, 0.15) is 5.56 Å². The number of amides is 2. The topological polar surface area (TPSA) is 80.3 Å². The summed E-state index contributed by atoms with van der Waals surface area (Å²) in [6.45, 7) is 1.33. The molecule has 0 bridgehead atoms. The van der Waals surface area contributed by atoms with E-state index in [4.69, 9.17) is 0 Å². The van der Waals surface area contributed by atoms with Crippen LogP contribution in [0.2, 0.25) is 0 Å². The highest BCUT2D eigenvalue weighted by molar-refractivity contribution is 7.22. The molecule has 3 aromatic rings. The molecule has 0 atom stereocenters. The van der Waals surface area contributed by atoms with E-state index in [0.717, 1.165) is 18.4 Å². The first-order valence-electron chi connectivity index (χ1n) is 7.62. The van der Waals surface area contributed by atoms with Gasteiger partial charge in [-0.3, -0.25) is 14.9 Å². The Morgan fingerprint density at radius 3 is 2.25 bits per heavy atom. The number of carbonyl (C=O) groups is 2. The molecule has 0 unspecified atom stereocenters. The second-order valence-corrected chi connectivity index (χ2v) is 6.53. The molecular weight excluding hydrogens is 402 g/mol. The average Bonchev–Trinajstić information content (AvgIpc) is 3.01. The predicted molar refractivity (Wildman–Crippen MR) is 94.7 cm³/mol. The van der Waals surface area contributed by atoms with Crippen LogP contribution in [0.25, 0.3) is 10.2 Å². The van der Waals surface area contributed by atoms with Gasteiger partial charge in [-0.2, -0.15) is 8.78 Å². The van der Waals surface area contributed by atoms with Gasteiger partial charge in [-0.25, -0.2) is 13.8 Å². The lowest BCUT2D eigenvalue weighted by atomic mass is 10.1. The summed E-state index contributed by atoms with van der Waals surface area (Å²) in [5.74, 6) is -10.4. The third-order valence-electron chi connectivity index (χ3n) is 3.58. The number of hydrogen-bond acceptors (Lipinski definition) is 5. The zero-order valence-corrected chi connectivity index (χ0v) is 15.1. The van der Waals surface area contributed by atoms with Gasteiger partial charge < -0.3 is 10.1 Å². The number of nitrogens with zero attached hydrogens (tertiary/aromatic N) is 1. The van der Waals surface area contributed by atoms with Crippen molar-refractivity contribution >= 4 is 44.2 Å². The van der Waals surface area contributed by atoms with Crippen LogP contribution in [-0.2, 0) is 4.79 Å². The number of anilines is 2. The van der Waals surface area contributed by atoms with Gasteiger partial charge in [0.05, 0.1) is 17.3 Å². The highest BCUT2D eigenvalue weighted by atomic mass is 32.1. The molecule has 0 radical (unpaired) electrons. The van der Waals surface area contributed by atoms with Gasteiger partial charge in [0.15, 0.2) is 22.5 Å². The number of carbonyl (C=O) groups excluding carboxylic acids is 2. The van der Waals surface area contributed by atoms with Gasteiger partial charge in [-0.05, 0) is 18.2 Å². The second kappa shape index (κ2) is 7.43. The number of fused-ring (bicyclic) bond motifs is 1. The molecule has 0 aliphatic heterocycles. The second-order valence-electron chi connectivity index (χ2n) is 5.50. The molecule has 6 nitrogen and oxygen atoms in total. The Morgan fingerprint density at radius 1 is 1.04 bits per heavy atom. The first kappa shape index (κ1) is 19.5. The summed E-state index contributed by atoms with van der Waals surface area (Å²) in [6.07, 6.45) is 0. The van der Waals surface area contributed by atoms with Crippen molar-refractivity contribution in [2.24, 2.45) is 0 Å². The lowest BCUT2D eigenvalue weighted by Gasteiger charge is -2.10. The van der Waals surface area contributed by atoms with Crippen molar-refractivity contribution in [3.63, 3.8) is 0 Å². The van der Waals surface area contributed by atoms with Gasteiger partial charge in [0.25, 0.3) is 5.91 Å². The molecule has 2 aromatic carbocycles. The molecule has 1 aromatic heterocycles. The molecule has 0 fully saturated rings. The van der Waals surface area contributed by atoms with Crippen LogP contribution in [0.5, 0.6) is 5.75 Å². The molecule has 146 valence electrons. The minimum absolute atomic E-state index is 0.0598. The largest absolute Gasteiger partial charge is 0.491 e. The molecule has 28 heavy (non-hydrogen) atoms. The minimum atomic E-state index is -1.89. The molecule has 3 rings (SSSR count). The molecule has 2 N–H and O–H groups in total. The van der Waals surface area contributed by atoms with Crippen LogP contribution in [0.4, 0.5) is 28.4 Å². The number of rotatable bonds is 4. The molecule has 0 aliphatic carbocycles. The Morgan fingerprint density at radius 2 is 1.68 bits per heavy atom. The quantitative estimate of drug-likeness (QED) is 0.499. The van der Waals surface area contributed by atoms with E-state index >= 15 is 0 Å². The maximum atomic E-state index is 14.0. The molecular formula is C17H11F4N3O3S. The van der Waals surface area contributed by atoms with E-state index in [9.17, 15) is 27.2 Å². The summed E-state index contributed by atoms with van der Waals surface area (Å²) in [6, 6.07) is 4.71. The van der Waals surface area contributed by atoms with Crippen molar-refractivity contribution in [3.05, 3.63) is 47.0 Å². The number of nitrogens with one attached hydrogen (secondary N) is 2. The van der Waals surface area contributed by atoms with Crippen molar-refractivity contribution in [1.29, 1.82) is 0 Å². The van der Waals surface area contributed by atoms with Crippen LogP contribution in [0, 0.1) is 23.3 Å². The molecule has 0 aliphatic rings. The summed E-state index contributed by atoms with van der Waals surface area (Å²) in [7, 11) is 0.830. The van der Waals surface area contributed by atoms with Crippen LogP contribution in [0.15, 0.2) is 18.2 Å².